The molecule has 8 nitrogen and oxygen atoms in total. The van der Waals surface area contributed by atoms with Crippen LogP contribution >= 0.6 is 11.8 Å². The van der Waals surface area contributed by atoms with Crippen molar-refractivity contribution in [2.24, 2.45) is 0 Å². The van der Waals surface area contributed by atoms with Crippen molar-refractivity contribution in [2.45, 2.75) is 12.5 Å². The molecule has 3 aliphatic heterocycles. The normalized spacial score (nSPS) is 22.0. The molecule has 132 valence electrons. The third-order valence-corrected chi connectivity index (χ3v) is 5.38. The minimum absolute atomic E-state index is 0.0110. The summed E-state index contributed by atoms with van der Waals surface area (Å²) in [4.78, 5) is 39.4. The van der Waals surface area contributed by atoms with Gasteiger partial charge >= 0.3 is 6.03 Å². The van der Waals surface area contributed by atoms with Gasteiger partial charge < -0.3 is 19.7 Å². The Kier molecular flexibility index (Phi) is 4.16. The van der Waals surface area contributed by atoms with E-state index in [0.717, 1.165) is 5.75 Å². The summed E-state index contributed by atoms with van der Waals surface area (Å²) in [5.41, 5.74) is 0.708. The van der Waals surface area contributed by atoms with Crippen LogP contribution < -0.4 is 19.7 Å². The van der Waals surface area contributed by atoms with Crippen LogP contribution in [-0.2, 0) is 9.59 Å². The largest absolute Gasteiger partial charge is 0.454 e. The van der Waals surface area contributed by atoms with Crippen LogP contribution in [0.1, 0.15) is 6.42 Å². The first-order chi connectivity index (χ1) is 12.1. The van der Waals surface area contributed by atoms with Gasteiger partial charge in [0.05, 0.1) is 6.04 Å². The molecule has 1 atom stereocenters. The van der Waals surface area contributed by atoms with Gasteiger partial charge in [-0.15, -0.1) is 0 Å². The number of thioether (sulfide) groups is 1. The standard InChI is InChI=1S/C16H17N3O5S/c20-14(17-11-3-6-25-15(11)21)8-18-4-5-19(16(18)22)10-1-2-12-13(7-10)24-9-23-12/h1-2,7,11H,3-6,8-9H2,(H,17,20). The number of urea groups is 1. The molecule has 3 heterocycles. The number of amides is 3. The predicted molar refractivity (Wildman–Crippen MR) is 90.9 cm³/mol. The molecule has 2 saturated heterocycles. The number of carbonyl (C=O) groups excluding carboxylic acids is 3. The lowest BCUT2D eigenvalue weighted by Gasteiger charge is -2.19. The molecule has 2 fully saturated rings. The number of nitrogens with zero attached hydrogens (tertiary/aromatic N) is 2. The number of hydrogen-bond donors (Lipinski definition) is 1. The summed E-state index contributed by atoms with van der Waals surface area (Å²) in [7, 11) is 0. The third-order valence-electron chi connectivity index (χ3n) is 4.37. The number of nitrogens with one attached hydrogen (secondary N) is 1. The Labute approximate surface area is 148 Å². The highest BCUT2D eigenvalue weighted by atomic mass is 32.2. The second-order valence-electron chi connectivity index (χ2n) is 5.97. The van der Waals surface area contributed by atoms with Crippen LogP contribution in [0.2, 0.25) is 0 Å². The Morgan fingerprint density at radius 2 is 2.08 bits per heavy atom. The Bertz CT molecular complexity index is 740. The summed E-state index contributed by atoms with van der Waals surface area (Å²) < 4.78 is 10.6. The summed E-state index contributed by atoms with van der Waals surface area (Å²) in [6, 6.07) is 4.66. The van der Waals surface area contributed by atoms with Gasteiger partial charge in [0, 0.05) is 30.6 Å². The summed E-state index contributed by atoms with van der Waals surface area (Å²) in [5, 5.41) is 2.70. The van der Waals surface area contributed by atoms with Gasteiger partial charge in [-0.25, -0.2) is 4.79 Å². The molecule has 9 heteroatoms. The third kappa shape index (κ3) is 3.11. The topological polar surface area (TPSA) is 88.2 Å². The summed E-state index contributed by atoms with van der Waals surface area (Å²) in [6.45, 7) is 1.07. The smallest absolute Gasteiger partial charge is 0.325 e. The van der Waals surface area contributed by atoms with Crippen LogP contribution in [0.4, 0.5) is 10.5 Å². The van der Waals surface area contributed by atoms with Crippen molar-refractivity contribution < 1.29 is 23.9 Å². The Morgan fingerprint density at radius 1 is 1.24 bits per heavy atom. The van der Waals surface area contributed by atoms with Crippen molar-refractivity contribution in [3.63, 3.8) is 0 Å². The average Bonchev–Trinajstić information content (AvgIpc) is 3.30. The van der Waals surface area contributed by atoms with Crippen molar-refractivity contribution in [2.75, 3.05) is 37.1 Å². The van der Waals surface area contributed by atoms with Gasteiger partial charge in [-0.3, -0.25) is 14.5 Å². The van der Waals surface area contributed by atoms with Crippen LogP contribution in [0.15, 0.2) is 18.2 Å². The zero-order valence-electron chi connectivity index (χ0n) is 13.4. The SMILES string of the molecule is O=C(CN1CCN(c2ccc3c(c2)OCO3)C1=O)NC1CCSC1=O. The molecule has 4 rings (SSSR count). The van der Waals surface area contributed by atoms with Crippen LogP contribution in [0.5, 0.6) is 11.5 Å². The second-order valence-corrected chi connectivity index (χ2v) is 7.07. The van der Waals surface area contributed by atoms with E-state index >= 15 is 0 Å². The lowest BCUT2D eigenvalue weighted by atomic mass is 10.2. The van der Waals surface area contributed by atoms with Crippen molar-refractivity contribution in [1.82, 2.24) is 10.2 Å². The molecule has 0 saturated carbocycles. The predicted octanol–water partition coefficient (Wildman–Crippen LogP) is 0.806. The Hall–Kier alpha value is -2.42. The number of ether oxygens (including phenoxy) is 2. The van der Waals surface area contributed by atoms with Crippen molar-refractivity contribution in [3.8, 4) is 11.5 Å². The molecule has 0 aromatic heterocycles. The summed E-state index contributed by atoms with van der Waals surface area (Å²) in [5.74, 6) is 1.69. The molecule has 0 spiro atoms. The van der Waals surface area contributed by atoms with E-state index in [2.05, 4.69) is 5.32 Å². The molecule has 1 N–H and O–H groups in total. The van der Waals surface area contributed by atoms with E-state index in [1.807, 2.05) is 0 Å². The van der Waals surface area contributed by atoms with Gasteiger partial charge in [-0.1, -0.05) is 11.8 Å². The van der Waals surface area contributed by atoms with Crippen molar-refractivity contribution >= 4 is 34.5 Å². The molecule has 1 aromatic rings. The van der Waals surface area contributed by atoms with Gasteiger partial charge in [0.1, 0.15) is 6.54 Å². The van der Waals surface area contributed by atoms with Gasteiger partial charge in [0.2, 0.25) is 17.8 Å². The van der Waals surface area contributed by atoms with E-state index in [-0.39, 0.29) is 30.4 Å². The number of fused-ring (bicyclic) bond motifs is 1. The van der Waals surface area contributed by atoms with E-state index in [4.69, 9.17) is 9.47 Å². The molecule has 1 aromatic carbocycles. The Morgan fingerprint density at radius 3 is 2.88 bits per heavy atom. The zero-order chi connectivity index (χ0) is 17.4. The molecule has 3 amide bonds. The molecule has 25 heavy (non-hydrogen) atoms. The maximum absolute atomic E-state index is 12.6. The molecule has 1 unspecified atom stereocenters. The quantitative estimate of drug-likeness (QED) is 0.852. The maximum Gasteiger partial charge on any atom is 0.325 e. The first kappa shape index (κ1) is 16.1. The second kappa shape index (κ2) is 6.47. The maximum atomic E-state index is 12.6. The average molecular weight is 363 g/mol. The minimum Gasteiger partial charge on any atom is -0.454 e. The van der Waals surface area contributed by atoms with Crippen molar-refractivity contribution in [3.05, 3.63) is 18.2 Å². The zero-order valence-corrected chi connectivity index (χ0v) is 14.2. The highest BCUT2D eigenvalue weighted by Crippen LogP contribution is 2.36. The number of benzene rings is 1. The fourth-order valence-corrected chi connectivity index (χ4v) is 3.99. The van der Waals surface area contributed by atoms with E-state index in [9.17, 15) is 14.4 Å². The van der Waals surface area contributed by atoms with Crippen molar-refractivity contribution in [1.29, 1.82) is 0 Å². The van der Waals surface area contributed by atoms with Gasteiger partial charge in [0.15, 0.2) is 11.5 Å². The van der Waals surface area contributed by atoms with Gasteiger partial charge in [-0.2, -0.15) is 0 Å². The van der Waals surface area contributed by atoms with E-state index in [1.165, 1.54) is 16.7 Å². The molecule has 0 bridgehead atoms. The van der Waals surface area contributed by atoms with Crippen LogP contribution in [-0.4, -0.2) is 60.2 Å². The van der Waals surface area contributed by atoms with E-state index in [1.54, 1.807) is 23.1 Å². The minimum atomic E-state index is -0.430. The highest BCUT2D eigenvalue weighted by molar-refractivity contribution is 8.14. The number of rotatable bonds is 4. The molecule has 0 radical (unpaired) electrons. The monoisotopic (exact) mass is 363 g/mol. The first-order valence-corrected chi connectivity index (χ1v) is 9.02. The van der Waals surface area contributed by atoms with E-state index < -0.39 is 6.04 Å². The number of carbonyl (C=O) groups is 3. The van der Waals surface area contributed by atoms with Crippen LogP contribution in [0, 0.1) is 0 Å². The Balaban J connectivity index is 1.38. The summed E-state index contributed by atoms with van der Waals surface area (Å²) >= 11 is 1.23. The number of anilines is 1. The molecular weight excluding hydrogens is 346 g/mol. The lowest BCUT2D eigenvalue weighted by Crippen LogP contribution is -2.44. The highest BCUT2D eigenvalue weighted by Gasteiger charge is 2.33. The molecule has 0 aliphatic carbocycles. The fourth-order valence-electron chi connectivity index (χ4n) is 3.06. The van der Waals surface area contributed by atoms with Gasteiger partial charge in [0.25, 0.3) is 0 Å². The lowest BCUT2D eigenvalue weighted by molar-refractivity contribution is -0.124. The molecular formula is C16H17N3O5S. The summed E-state index contributed by atoms with van der Waals surface area (Å²) in [6.07, 6.45) is 0.645. The van der Waals surface area contributed by atoms with E-state index in [0.29, 0.717) is 36.7 Å². The number of hydrogen-bond acceptors (Lipinski definition) is 6. The van der Waals surface area contributed by atoms with Crippen LogP contribution in [0.3, 0.4) is 0 Å². The first-order valence-electron chi connectivity index (χ1n) is 8.04. The fraction of sp³-hybridized carbons (Fsp3) is 0.438. The van der Waals surface area contributed by atoms with Crippen LogP contribution in [0.25, 0.3) is 0 Å². The molecule has 3 aliphatic rings. The van der Waals surface area contributed by atoms with Gasteiger partial charge in [-0.05, 0) is 18.6 Å².